The average molecular weight is 443 g/mol. The van der Waals surface area contributed by atoms with Gasteiger partial charge in [-0.3, -0.25) is 0 Å². The van der Waals surface area contributed by atoms with E-state index in [1.807, 2.05) is 0 Å². The highest BCUT2D eigenvalue weighted by Crippen LogP contribution is 2.24. The molecule has 0 aromatic heterocycles. The van der Waals surface area contributed by atoms with Gasteiger partial charge in [0.2, 0.25) is 0 Å². The third-order valence-corrected chi connectivity index (χ3v) is 7.56. The first-order valence-corrected chi connectivity index (χ1v) is 17.7. The van der Waals surface area contributed by atoms with Crippen molar-refractivity contribution in [2.75, 3.05) is 39.6 Å². The van der Waals surface area contributed by atoms with Crippen LogP contribution in [0.25, 0.3) is 0 Å². The van der Waals surface area contributed by atoms with Crippen LogP contribution in [0.5, 0.6) is 11.5 Å². The van der Waals surface area contributed by atoms with Crippen LogP contribution < -0.4 is 9.47 Å². The summed E-state index contributed by atoms with van der Waals surface area (Å²) in [4.78, 5) is 11.5. The number of hydrogen-bond donors (Lipinski definition) is 1. The lowest BCUT2D eigenvalue weighted by atomic mass is 10.2. The Morgan fingerprint density at radius 2 is 1.31 bits per heavy atom. The standard InChI is InChI=1S/C21H38O6Si2/c1-28(2,3)15-13-24-9-11-26-18-7-8-20(19(17-18)21(22)23)27-12-10-25-14-16-29(4,5)6/h7-8,17H,9-16H2,1-6H3,(H,22,23). The van der Waals surface area contributed by atoms with Crippen LogP contribution in [-0.4, -0.2) is 66.9 Å². The van der Waals surface area contributed by atoms with E-state index in [-0.39, 0.29) is 5.56 Å². The zero-order chi connectivity index (χ0) is 21.9. The molecule has 0 amide bonds. The van der Waals surface area contributed by atoms with E-state index in [0.717, 1.165) is 25.3 Å². The molecule has 29 heavy (non-hydrogen) atoms. The summed E-state index contributed by atoms with van der Waals surface area (Å²) in [5.41, 5.74) is 0.0873. The van der Waals surface area contributed by atoms with Crippen molar-refractivity contribution in [3.8, 4) is 11.5 Å². The highest BCUT2D eigenvalue weighted by molar-refractivity contribution is 6.76. The van der Waals surface area contributed by atoms with Crippen molar-refractivity contribution in [2.45, 2.75) is 51.4 Å². The lowest BCUT2D eigenvalue weighted by molar-refractivity contribution is 0.0685. The number of carboxylic acids is 1. The number of ether oxygens (including phenoxy) is 4. The summed E-state index contributed by atoms with van der Waals surface area (Å²) in [5.74, 6) is -0.226. The fourth-order valence-corrected chi connectivity index (χ4v) is 3.80. The van der Waals surface area contributed by atoms with Gasteiger partial charge < -0.3 is 24.1 Å². The predicted octanol–water partition coefficient (Wildman–Crippen LogP) is 4.85. The Balaban J connectivity index is 2.39. The Morgan fingerprint density at radius 1 is 0.793 bits per heavy atom. The highest BCUT2D eigenvalue weighted by Gasteiger charge is 2.15. The van der Waals surface area contributed by atoms with E-state index in [4.69, 9.17) is 18.9 Å². The van der Waals surface area contributed by atoms with Crippen LogP contribution in [0.2, 0.25) is 51.4 Å². The smallest absolute Gasteiger partial charge is 0.339 e. The Morgan fingerprint density at radius 3 is 1.79 bits per heavy atom. The van der Waals surface area contributed by atoms with Crippen molar-refractivity contribution in [2.24, 2.45) is 0 Å². The van der Waals surface area contributed by atoms with Gasteiger partial charge in [-0.2, -0.15) is 0 Å². The minimum Gasteiger partial charge on any atom is -0.491 e. The first-order chi connectivity index (χ1) is 13.5. The van der Waals surface area contributed by atoms with Gasteiger partial charge in [-0.25, -0.2) is 4.79 Å². The van der Waals surface area contributed by atoms with Gasteiger partial charge in [0.15, 0.2) is 0 Å². The van der Waals surface area contributed by atoms with Gasteiger partial charge in [0.05, 0.1) is 13.2 Å². The van der Waals surface area contributed by atoms with E-state index in [1.54, 1.807) is 12.1 Å². The van der Waals surface area contributed by atoms with Crippen LogP contribution in [0.4, 0.5) is 0 Å². The number of benzene rings is 1. The molecule has 1 N–H and O–H groups in total. The minimum atomic E-state index is -1.10. The molecule has 0 atom stereocenters. The lowest BCUT2D eigenvalue weighted by Gasteiger charge is -2.16. The molecular formula is C21H38O6Si2. The second-order valence-electron chi connectivity index (χ2n) is 9.51. The summed E-state index contributed by atoms with van der Waals surface area (Å²) < 4.78 is 22.4. The van der Waals surface area contributed by atoms with Gasteiger partial charge in [0.1, 0.15) is 30.3 Å². The van der Waals surface area contributed by atoms with Crippen LogP contribution in [0.1, 0.15) is 10.4 Å². The Bertz CT molecular complexity index is 623. The molecule has 0 saturated heterocycles. The molecule has 8 heteroatoms. The molecule has 0 aliphatic heterocycles. The molecule has 1 aromatic rings. The average Bonchev–Trinajstić information content (AvgIpc) is 2.59. The molecular weight excluding hydrogens is 404 g/mol. The monoisotopic (exact) mass is 442 g/mol. The fourth-order valence-electron chi connectivity index (χ4n) is 2.28. The fraction of sp³-hybridized carbons (Fsp3) is 0.667. The number of carbonyl (C=O) groups is 1. The normalized spacial score (nSPS) is 12.1. The minimum absolute atomic E-state index is 0.0873. The molecule has 0 fully saturated rings. The first-order valence-electron chi connectivity index (χ1n) is 10.3. The van der Waals surface area contributed by atoms with Gasteiger partial charge in [-0.15, -0.1) is 0 Å². The number of aromatic carboxylic acids is 1. The van der Waals surface area contributed by atoms with Crippen LogP contribution in [0, 0.1) is 0 Å². The second kappa shape index (κ2) is 12.4. The van der Waals surface area contributed by atoms with Gasteiger partial charge >= 0.3 is 5.97 Å². The molecule has 0 saturated carbocycles. The van der Waals surface area contributed by atoms with E-state index in [9.17, 15) is 9.90 Å². The van der Waals surface area contributed by atoms with Crippen molar-refractivity contribution < 1.29 is 28.8 Å². The van der Waals surface area contributed by atoms with Gasteiger partial charge in [0.25, 0.3) is 0 Å². The third kappa shape index (κ3) is 12.7. The van der Waals surface area contributed by atoms with Crippen molar-refractivity contribution in [1.29, 1.82) is 0 Å². The predicted molar refractivity (Wildman–Crippen MR) is 122 cm³/mol. The van der Waals surface area contributed by atoms with E-state index in [0.29, 0.717) is 37.9 Å². The quantitative estimate of drug-likeness (QED) is 0.309. The topological polar surface area (TPSA) is 74.2 Å². The SMILES string of the molecule is C[Si](C)(C)CCOCCOc1ccc(OCCOCC[Si](C)(C)C)c(C(=O)O)c1. The van der Waals surface area contributed by atoms with Crippen LogP contribution in [0.3, 0.4) is 0 Å². The molecule has 166 valence electrons. The molecule has 0 aliphatic rings. The van der Waals surface area contributed by atoms with E-state index >= 15 is 0 Å². The Hall–Kier alpha value is -1.36. The molecule has 1 aromatic carbocycles. The molecule has 0 bridgehead atoms. The molecule has 0 radical (unpaired) electrons. The maximum atomic E-state index is 11.5. The van der Waals surface area contributed by atoms with Gasteiger partial charge in [-0.05, 0) is 30.3 Å². The highest BCUT2D eigenvalue weighted by atomic mass is 28.3. The summed E-state index contributed by atoms with van der Waals surface area (Å²) >= 11 is 0. The van der Waals surface area contributed by atoms with Crippen LogP contribution in [0.15, 0.2) is 18.2 Å². The zero-order valence-electron chi connectivity index (χ0n) is 18.9. The van der Waals surface area contributed by atoms with Crippen molar-refractivity contribution in [3.63, 3.8) is 0 Å². The third-order valence-electron chi connectivity index (χ3n) is 4.16. The van der Waals surface area contributed by atoms with Crippen molar-refractivity contribution in [3.05, 3.63) is 23.8 Å². The molecule has 0 aliphatic carbocycles. The first kappa shape index (κ1) is 25.7. The van der Waals surface area contributed by atoms with Crippen molar-refractivity contribution >= 4 is 22.1 Å². The van der Waals surface area contributed by atoms with E-state index < -0.39 is 22.1 Å². The van der Waals surface area contributed by atoms with E-state index in [2.05, 4.69) is 39.3 Å². The summed E-state index contributed by atoms with van der Waals surface area (Å²) in [6.45, 7) is 16.9. The summed E-state index contributed by atoms with van der Waals surface area (Å²) in [6, 6.07) is 7.06. The van der Waals surface area contributed by atoms with Crippen LogP contribution >= 0.6 is 0 Å². The maximum Gasteiger partial charge on any atom is 0.339 e. The summed E-state index contributed by atoms with van der Waals surface area (Å²) in [6.07, 6.45) is 0. The van der Waals surface area contributed by atoms with Gasteiger partial charge in [-0.1, -0.05) is 39.3 Å². The largest absolute Gasteiger partial charge is 0.491 e. The van der Waals surface area contributed by atoms with Crippen LogP contribution in [-0.2, 0) is 9.47 Å². The number of carboxylic acid groups (broad SMARTS) is 1. The lowest BCUT2D eigenvalue weighted by Crippen LogP contribution is -2.22. The second-order valence-corrected chi connectivity index (χ2v) is 20.7. The van der Waals surface area contributed by atoms with Gasteiger partial charge in [0, 0.05) is 29.4 Å². The summed E-state index contributed by atoms with van der Waals surface area (Å²) in [5, 5.41) is 9.46. The summed E-state index contributed by atoms with van der Waals surface area (Å²) in [7, 11) is -2.19. The number of rotatable bonds is 15. The molecule has 1 rings (SSSR count). The van der Waals surface area contributed by atoms with E-state index in [1.165, 1.54) is 6.07 Å². The Labute approximate surface area is 177 Å². The zero-order valence-corrected chi connectivity index (χ0v) is 20.9. The molecule has 0 unspecified atom stereocenters. The van der Waals surface area contributed by atoms with Crippen molar-refractivity contribution in [1.82, 2.24) is 0 Å². The Kier molecular flexibility index (Phi) is 10.9. The maximum absolute atomic E-state index is 11.5. The molecule has 0 spiro atoms. The molecule has 6 nitrogen and oxygen atoms in total. The molecule has 0 heterocycles. The number of hydrogen-bond acceptors (Lipinski definition) is 5.